The van der Waals surface area contributed by atoms with Crippen LogP contribution in [0.15, 0.2) is 0 Å². The van der Waals surface area contributed by atoms with Crippen LogP contribution in [0.5, 0.6) is 0 Å². The van der Waals surface area contributed by atoms with Crippen LogP contribution in [0.25, 0.3) is 0 Å². The molecule has 0 amide bonds. The lowest BCUT2D eigenvalue weighted by Crippen LogP contribution is -2.44. The molecular formula is C11H26N2. The molecule has 0 heterocycles. The maximum absolute atomic E-state index is 3.37. The minimum atomic E-state index is 0.610. The van der Waals surface area contributed by atoms with Crippen LogP contribution in [0.2, 0.25) is 0 Å². The van der Waals surface area contributed by atoms with Gasteiger partial charge in [0.15, 0.2) is 0 Å². The van der Waals surface area contributed by atoms with E-state index in [9.17, 15) is 0 Å². The first kappa shape index (κ1) is 12.9. The highest BCUT2D eigenvalue weighted by molar-refractivity contribution is 4.74. The molecule has 13 heavy (non-hydrogen) atoms. The van der Waals surface area contributed by atoms with Crippen LogP contribution >= 0.6 is 0 Å². The molecule has 0 spiro atoms. The summed E-state index contributed by atoms with van der Waals surface area (Å²) in [5.74, 6) is 0.705. The Labute approximate surface area is 83.7 Å². The fourth-order valence-corrected chi connectivity index (χ4v) is 1.44. The van der Waals surface area contributed by atoms with Crippen molar-refractivity contribution in [1.82, 2.24) is 10.2 Å². The van der Waals surface area contributed by atoms with Gasteiger partial charge >= 0.3 is 0 Å². The van der Waals surface area contributed by atoms with E-state index in [1.165, 1.54) is 6.42 Å². The minimum Gasteiger partial charge on any atom is -0.315 e. The van der Waals surface area contributed by atoms with E-state index in [1.54, 1.807) is 0 Å². The molecule has 0 unspecified atom stereocenters. The summed E-state index contributed by atoms with van der Waals surface area (Å²) in [5.41, 5.74) is 0. The zero-order chi connectivity index (χ0) is 10.4. The average Bonchev–Trinajstić information content (AvgIpc) is 2.11. The topological polar surface area (TPSA) is 15.3 Å². The van der Waals surface area contributed by atoms with Crippen molar-refractivity contribution in [2.24, 2.45) is 5.92 Å². The molecule has 0 saturated heterocycles. The minimum absolute atomic E-state index is 0.610. The van der Waals surface area contributed by atoms with Crippen LogP contribution in [-0.4, -0.2) is 37.6 Å². The predicted octanol–water partition coefficient (Wildman–Crippen LogP) is 1.96. The molecule has 0 aliphatic rings. The van der Waals surface area contributed by atoms with Gasteiger partial charge in [-0.15, -0.1) is 0 Å². The van der Waals surface area contributed by atoms with Crippen molar-refractivity contribution in [2.75, 3.05) is 20.6 Å². The third-order valence-corrected chi connectivity index (χ3v) is 3.00. The van der Waals surface area contributed by atoms with Crippen molar-refractivity contribution in [2.45, 2.75) is 46.2 Å². The Balaban J connectivity index is 3.93. The van der Waals surface area contributed by atoms with E-state index in [-0.39, 0.29) is 0 Å². The lowest BCUT2D eigenvalue weighted by atomic mass is 10.0. The Bertz CT molecular complexity index is 123. The second-order valence-electron chi connectivity index (χ2n) is 4.34. The second-order valence-corrected chi connectivity index (χ2v) is 4.34. The van der Waals surface area contributed by atoms with Crippen molar-refractivity contribution in [3.63, 3.8) is 0 Å². The molecule has 0 aliphatic heterocycles. The molecule has 1 N–H and O–H groups in total. The maximum atomic E-state index is 3.37. The van der Waals surface area contributed by atoms with Gasteiger partial charge in [-0.05, 0) is 33.4 Å². The van der Waals surface area contributed by atoms with Gasteiger partial charge in [-0.25, -0.2) is 0 Å². The molecule has 0 fully saturated rings. The highest BCUT2D eigenvalue weighted by atomic mass is 15.1. The molecule has 0 bridgehead atoms. The summed E-state index contributed by atoms with van der Waals surface area (Å²) in [6, 6.07) is 1.30. The van der Waals surface area contributed by atoms with Gasteiger partial charge < -0.3 is 10.2 Å². The van der Waals surface area contributed by atoms with Gasteiger partial charge in [0, 0.05) is 18.6 Å². The first-order valence-electron chi connectivity index (χ1n) is 5.40. The van der Waals surface area contributed by atoms with E-state index in [4.69, 9.17) is 0 Å². The summed E-state index contributed by atoms with van der Waals surface area (Å²) in [6.07, 6.45) is 1.23. The summed E-state index contributed by atoms with van der Waals surface area (Å²) >= 11 is 0. The standard InChI is InChI=1S/C11H26N2/c1-7-10(4)13(6)8-11(12-5)9(2)3/h9-12H,7-8H2,1-6H3/t10-,11-/m1/s1. The van der Waals surface area contributed by atoms with Gasteiger partial charge in [-0.1, -0.05) is 20.8 Å². The van der Waals surface area contributed by atoms with E-state index < -0.39 is 0 Å². The van der Waals surface area contributed by atoms with E-state index >= 15 is 0 Å². The fraction of sp³-hybridized carbons (Fsp3) is 1.00. The zero-order valence-electron chi connectivity index (χ0n) is 10.1. The third-order valence-electron chi connectivity index (χ3n) is 3.00. The van der Waals surface area contributed by atoms with Crippen LogP contribution < -0.4 is 5.32 Å². The summed E-state index contributed by atoms with van der Waals surface area (Å²) in [6.45, 7) is 10.2. The SMILES string of the molecule is CC[C@@H](C)N(C)C[C@@H](NC)C(C)C. The molecule has 0 aromatic carbocycles. The molecule has 0 saturated carbocycles. The highest BCUT2D eigenvalue weighted by Crippen LogP contribution is 2.06. The maximum Gasteiger partial charge on any atom is 0.0214 e. The van der Waals surface area contributed by atoms with Crippen LogP contribution in [0.4, 0.5) is 0 Å². The molecule has 2 heteroatoms. The Morgan fingerprint density at radius 2 is 1.77 bits per heavy atom. The van der Waals surface area contributed by atoms with Crippen LogP contribution in [0.1, 0.15) is 34.1 Å². The molecule has 0 aliphatic carbocycles. The monoisotopic (exact) mass is 186 g/mol. The lowest BCUT2D eigenvalue weighted by Gasteiger charge is -2.30. The predicted molar refractivity (Wildman–Crippen MR) is 60.1 cm³/mol. The molecule has 80 valence electrons. The van der Waals surface area contributed by atoms with Gasteiger partial charge in [0.1, 0.15) is 0 Å². The molecule has 2 atom stereocenters. The summed E-state index contributed by atoms with van der Waals surface area (Å²) < 4.78 is 0. The van der Waals surface area contributed by atoms with Gasteiger partial charge in [0.25, 0.3) is 0 Å². The van der Waals surface area contributed by atoms with Crippen molar-refractivity contribution < 1.29 is 0 Å². The second kappa shape index (κ2) is 6.39. The first-order valence-corrected chi connectivity index (χ1v) is 5.40. The van der Waals surface area contributed by atoms with E-state index in [1.807, 2.05) is 0 Å². The molecule has 2 nitrogen and oxygen atoms in total. The number of hydrogen-bond acceptors (Lipinski definition) is 2. The van der Waals surface area contributed by atoms with Crippen molar-refractivity contribution in [3.8, 4) is 0 Å². The first-order chi connectivity index (χ1) is 6.02. The van der Waals surface area contributed by atoms with E-state index in [2.05, 4.69) is 52.0 Å². The van der Waals surface area contributed by atoms with E-state index in [0.29, 0.717) is 18.0 Å². The Hall–Kier alpha value is -0.0800. The molecule has 0 rings (SSSR count). The number of nitrogens with zero attached hydrogens (tertiary/aromatic N) is 1. The molecule has 0 aromatic rings. The number of hydrogen-bond donors (Lipinski definition) is 1. The van der Waals surface area contributed by atoms with Crippen molar-refractivity contribution in [1.29, 1.82) is 0 Å². The van der Waals surface area contributed by atoms with Gasteiger partial charge in [-0.2, -0.15) is 0 Å². The van der Waals surface area contributed by atoms with Crippen LogP contribution in [0.3, 0.4) is 0 Å². The molecule has 0 radical (unpaired) electrons. The van der Waals surface area contributed by atoms with Crippen molar-refractivity contribution in [3.05, 3.63) is 0 Å². The Kier molecular flexibility index (Phi) is 6.35. The number of likely N-dealkylation sites (N-methyl/N-ethyl adjacent to an activating group) is 2. The number of rotatable bonds is 6. The van der Waals surface area contributed by atoms with Crippen molar-refractivity contribution >= 4 is 0 Å². The smallest absolute Gasteiger partial charge is 0.0214 e. The lowest BCUT2D eigenvalue weighted by molar-refractivity contribution is 0.207. The fourth-order valence-electron chi connectivity index (χ4n) is 1.44. The quantitative estimate of drug-likeness (QED) is 0.682. The van der Waals surface area contributed by atoms with Gasteiger partial charge in [0.05, 0.1) is 0 Å². The highest BCUT2D eigenvalue weighted by Gasteiger charge is 2.15. The molecular weight excluding hydrogens is 160 g/mol. The normalized spacial score (nSPS) is 16.6. The number of nitrogens with one attached hydrogen (secondary N) is 1. The van der Waals surface area contributed by atoms with Gasteiger partial charge in [-0.3, -0.25) is 0 Å². The molecule has 0 aromatic heterocycles. The van der Waals surface area contributed by atoms with E-state index in [0.717, 1.165) is 6.54 Å². The zero-order valence-corrected chi connectivity index (χ0v) is 10.1. The summed E-state index contributed by atoms with van der Waals surface area (Å²) in [5, 5.41) is 3.37. The summed E-state index contributed by atoms with van der Waals surface area (Å²) in [7, 11) is 4.26. The van der Waals surface area contributed by atoms with Crippen LogP contribution in [-0.2, 0) is 0 Å². The Morgan fingerprint density at radius 1 is 1.23 bits per heavy atom. The summed E-state index contributed by atoms with van der Waals surface area (Å²) in [4.78, 5) is 2.43. The third kappa shape index (κ3) is 4.63. The Morgan fingerprint density at radius 3 is 2.08 bits per heavy atom. The average molecular weight is 186 g/mol. The largest absolute Gasteiger partial charge is 0.315 e. The van der Waals surface area contributed by atoms with Gasteiger partial charge in [0.2, 0.25) is 0 Å². The van der Waals surface area contributed by atoms with Crippen LogP contribution in [0, 0.1) is 5.92 Å².